The topological polar surface area (TPSA) is 57.7 Å². The third-order valence-corrected chi connectivity index (χ3v) is 8.33. The summed E-state index contributed by atoms with van der Waals surface area (Å²) in [6, 6.07) is 12.4. The number of hydrogen-bond donors (Lipinski definition) is 1. The first-order valence-electron chi connectivity index (χ1n) is 13.6. The molecule has 0 aliphatic carbocycles. The van der Waals surface area contributed by atoms with Crippen LogP contribution in [0, 0.1) is 0 Å². The SMILES string of the molecule is CC.CN1CC2(CCN(C/C=C/c3ccc(Cl)cc3)CC2)c2cc(OC(F)(F)F)ccc21.O=CNCc1cnc(Cl)s1. The number of likely N-dealkylation sites (tertiary alicyclic amines) is 1. The minimum absolute atomic E-state index is 0.120. The Morgan fingerprint density at radius 3 is 2.40 bits per heavy atom. The molecule has 5 rings (SSSR count). The molecule has 6 nitrogen and oxygen atoms in total. The van der Waals surface area contributed by atoms with E-state index in [1.165, 1.54) is 17.4 Å². The Kier molecular flexibility index (Phi) is 12.5. The first-order valence-corrected chi connectivity index (χ1v) is 15.2. The van der Waals surface area contributed by atoms with Crippen molar-refractivity contribution in [3.63, 3.8) is 0 Å². The van der Waals surface area contributed by atoms with Crippen molar-refractivity contribution in [2.24, 2.45) is 0 Å². The molecule has 1 fully saturated rings. The van der Waals surface area contributed by atoms with Crippen LogP contribution in [0.25, 0.3) is 6.08 Å². The van der Waals surface area contributed by atoms with E-state index in [9.17, 15) is 18.0 Å². The summed E-state index contributed by atoms with van der Waals surface area (Å²) in [5, 5.41) is 3.23. The number of rotatable bonds is 7. The first kappa shape index (κ1) is 33.7. The molecule has 1 saturated heterocycles. The fourth-order valence-electron chi connectivity index (χ4n) is 5.10. The quantitative estimate of drug-likeness (QED) is 0.267. The molecular weight excluding hydrogens is 608 g/mol. The third kappa shape index (κ3) is 9.62. The van der Waals surface area contributed by atoms with Gasteiger partial charge >= 0.3 is 6.36 Å². The van der Waals surface area contributed by atoms with E-state index in [-0.39, 0.29) is 11.2 Å². The Bertz CT molecular complexity index is 1310. The number of anilines is 1. The molecule has 42 heavy (non-hydrogen) atoms. The Morgan fingerprint density at radius 1 is 1.12 bits per heavy atom. The standard InChI is InChI=1S/C23H24ClF3N2O.C5H5ClN2OS.C2H6/c1-28-16-22(20-15-19(8-9-21(20)28)30-23(25,26)27)10-13-29(14-11-22)12-2-3-17-4-6-18(24)7-5-17;6-5-8-2-4(10-5)1-7-3-9;1-2/h2-9,15H,10-14,16H2,1H3;2-3H,1H2,(H,7,9);1-2H3/b3-2+;;. The highest BCUT2D eigenvalue weighted by molar-refractivity contribution is 7.15. The Labute approximate surface area is 259 Å². The molecule has 2 aliphatic heterocycles. The molecule has 1 aromatic heterocycles. The first-order chi connectivity index (χ1) is 20.1. The number of fused-ring (bicyclic) bond motifs is 2. The molecule has 2 aromatic carbocycles. The largest absolute Gasteiger partial charge is 0.573 e. The van der Waals surface area contributed by atoms with E-state index in [4.69, 9.17) is 23.2 Å². The van der Waals surface area contributed by atoms with E-state index >= 15 is 0 Å². The van der Waals surface area contributed by atoms with Crippen molar-refractivity contribution in [2.45, 2.75) is 45.0 Å². The normalized spacial score (nSPS) is 15.9. The second-order valence-electron chi connectivity index (χ2n) is 9.70. The highest BCUT2D eigenvalue weighted by Crippen LogP contribution is 2.48. The van der Waals surface area contributed by atoms with Gasteiger partial charge in [-0.3, -0.25) is 9.69 Å². The number of hydrogen-bond acceptors (Lipinski definition) is 6. The van der Waals surface area contributed by atoms with E-state index in [1.807, 2.05) is 45.2 Å². The van der Waals surface area contributed by atoms with Gasteiger partial charge in [0.1, 0.15) is 5.75 Å². The van der Waals surface area contributed by atoms with Crippen LogP contribution in [0.15, 0.2) is 54.7 Å². The van der Waals surface area contributed by atoms with E-state index < -0.39 is 6.36 Å². The van der Waals surface area contributed by atoms with Gasteiger partial charge < -0.3 is 15.0 Å². The number of piperidine rings is 1. The fourth-order valence-corrected chi connectivity index (χ4v) is 6.16. The molecule has 3 heterocycles. The zero-order valence-corrected chi connectivity index (χ0v) is 26.1. The smallest absolute Gasteiger partial charge is 0.406 e. The van der Waals surface area contributed by atoms with Crippen LogP contribution in [-0.2, 0) is 16.8 Å². The summed E-state index contributed by atoms with van der Waals surface area (Å²) in [5.74, 6) is -0.135. The van der Waals surface area contributed by atoms with Crippen molar-refractivity contribution >= 4 is 52.7 Å². The van der Waals surface area contributed by atoms with Crippen LogP contribution in [0.4, 0.5) is 18.9 Å². The van der Waals surface area contributed by atoms with Gasteiger partial charge in [0.05, 0.1) is 6.54 Å². The third-order valence-electron chi connectivity index (χ3n) is 6.97. The lowest BCUT2D eigenvalue weighted by Crippen LogP contribution is -2.44. The van der Waals surface area contributed by atoms with Crippen LogP contribution in [-0.4, -0.2) is 55.9 Å². The van der Waals surface area contributed by atoms with Gasteiger partial charge in [0.15, 0.2) is 4.47 Å². The van der Waals surface area contributed by atoms with Gasteiger partial charge in [-0.15, -0.1) is 24.5 Å². The summed E-state index contributed by atoms with van der Waals surface area (Å²) in [6.07, 6.45) is 3.66. The maximum absolute atomic E-state index is 12.7. The van der Waals surface area contributed by atoms with Crippen molar-refractivity contribution in [2.75, 3.05) is 38.1 Å². The maximum atomic E-state index is 12.7. The van der Waals surface area contributed by atoms with Gasteiger partial charge in [-0.1, -0.05) is 61.3 Å². The van der Waals surface area contributed by atoms with Gasteiger partial charge in [0, 0.05) is 47.3 Å². The van der Waals surface area contributed by atoms with Crippen LogP contribution < -0.4 is 15.0 Å². The van der Waals surface area contributed by atoms with Crippen LogP contribution in [0.3, 0.4) is 0 Å². The number of nitrogens with one attached hydrogen (secondary N) is 1. The minimum Gasteiger partial charge on any atom is -0.406 e. The number of ether oxygens (including phenoxy) is 1. The second-order valence-corrected chi connectivity index (χ2v) is 11.8. The van der Waals surface area contributed by atoms with Crippen LogP contribution in [0.2, 0.25) is 9.49 Å². The zero-order valence-electron chi connectivity index (χ0n) is 23.8. The highest BCUT2D eigenvalue weighted by Gasteiger charge is 2.44. The lowest BCUT2D eigenvalue weighted by atomic mass is 9.74. The lowest BCUT2D eigenvalue weighted by Gasteiger charge is -2.39. The van der Waals surface area contributed by atoms with Gasteiger partial charge in [0.25, 0.3) is 0 Å². The molecule has 228 valence electrons. The number of aromatic nitrogens is 1. The fraction of sp³-hybridized carbons (Fsp3) is 0.400. The molecule has 0 saturated carbocycles. The minimum atomic E-state index is -4.67. The van der Waals surface area contributed by atoms with E-state index in [2.05, 4.69) is 37.0 Å². The van der Waals surface area contributed by atoms with E-state index in [0.29, 0.717) is 17.4 Å². The summed E-state index contributed by atoms with van der Waals surface area (Å²) in [7, 11) is 2.00. The lowest BCUT2D eigenvalue weighted by molar-refractivity contribution is -0.274. The van der Waals surface area contributed by atoms with Gasteiger partial charge in [-0.05, 0) is 67.4 Å². The predicted octanol–water partition coefficient (Wildman–Crippen LogP) is 7.80. The Hall–Kier alpha value is -2.79. The summed E-state index contributed by atoms with van der Waals surface area (Å²) in [4.78, 5) is 19.1. The van der Waals surface area contributed by atoms with Gasteiger partial charge in [-0.2, -0.15) is 0 Å². The van der Waals surface area contributed by atoms with Gasteiger partial charge in [0.2, 0.25) is 6.41 Å². The van der Waals surface area contributed by atoms with Crippen LogP contribution in [0.1, 0.15) is 42.7 Å². The van der Waals surface area contributed by atoms with Crippen molar-refractivity contribution in [3.8, 4) is 5.75 Å². The number of alkyl halides is 3. The van der Waals surface area contributed by atoms with Crippen molar-refractivity contribution in [1.29, 1.82) is 0 Å². The molecule has 1 amide bonds. The molecular formula is C30H35Cl2F3N4O2S. The van der Waals surface area contributed by atoms with Gasteiger partial charge in [-0.25, -0.2) is 4.98 Å². The van der Waals surface area contributed by atoms with Crippen molar-refractivity contribution in [1.82, 2.24) is 15.2 Å². The number of amides is 1. The maximum Gasteiger partial charge on any atom is 0.573 e. The number of likely N-dealkylation sites (N-methyl/N-ethyl adjacent to an activating group) is 1. The van der Waals surface area contributed by atoms with E-state index in [1.54, 1.807) is 18.3 Å². The summed E-state index contributed by atoms with van der Waals surface area (Å²) < 4.78 is 42.7. The number of nitrogens with zero attached hydrogens (tertiary/aromatic N) is 3. The summed E-state index contributed by atoms with van der Waals surface area (Å²) >= 11 is 12.8. The number of carbonyl (C=O) groups is 1. The average molecular weight is 644 g/mol. The molecule has 0 atom stereocenters. The van der Waals surface area contributed by atoms with Crippen molar-refractivity contribution < 1.29 is 22.7 Å². The van der Waals surface area contributed by atoms with Crippen LogP contribution >= 0.6 is 34.5 Å². The molecule has 0 bridgehead atoms. The zero-order chi connectivity index (χ0) is 30.8. The molecule has 12 heteroatoms. The Morgan fingerprint density at radius 2 is 1.81 bits per heavy atom. The number of thiazole rings is 1. The highest BCUT2D eigenvalue weighted by atomic mass is 35.5. The molecule has 1 spiro atoms. The molecule has 0 unspecified atom stereocenters. The number of benzene rings is 2. The molecule has 2 aliphatic rings. The number of halogens is 5. The Balaban J connectivity index is 0.000000340. The van der Waals surface area contributed by atoms with E-state index in [0.717, 1.165) is 65.7 Å². The average Bonchev–Trinajstić information content (AvgIpc) is 3.50. The molecule has 0 radical (unpaired) electrons. The summed E-state index contributed by atoms with van der Waals surface area (Å²) in [6.45, 7) is 7.99. The second kappa shape index (κ2) is 15.6. The monoisotopic (exact) mass is 642 g/mol. The molecule has 1 N–H and O–H groups in total. The van der Waals surface area contributed by atoms with Crippen LogP contribution in [0.5, 0.6) is 5.75 Å². The summed E-state index contributed by atoms with van der Waals surface area (Å²) in [5.41, 5.74) is 2.96. The molecule has 3 aromatic rings. The number of carbonyl (C=O) groups excluding carboxylic acids is 1. The van der Waals surface area contributed by atoms with Crippen molar-refractivity contribution in [3.05, 3.63) is 80.2 Å². The predicted molar refractivity (Wildman–Crippen MR) is 166 cm³/mol.